The van der Waals surface area contributed by atoms with Gasteiger partial charge in [-0.05, 0) is 18.1 Å². The van der Waals surface area contributed by atoms with Crippen LogP contribution in [0.25, 0.3) is 0 Å². The van der Waals surface area contributed by atoms with Crippen LogP contribution in [0, 0.1) is 0 Å². The van der Waals surface area contributed by atoms with Gasteiger partial charge >= 0.3 is 6.03 Å². The molecule has 0 bridgehead atoms. The number of thioether (sulfide) groups is 1. The van der Waals surface area contributed by atoms with Crippen LogP contribution in [0.4, 0.5) is 4.79 Å². The Hall–Kier alpha value is -1.46. The average Bonchev–Trinajstić information content (AvgIpc) is 2.47. The third kappa shape index (κ3) is 3.55. The molecule has 0 spiro atoms. The number of rotatable bonds is 5. The van der Waals surface area contributed by atoms with E-state index in [9.17, 15) is 4.79 Å². The highest BCUT2D eigenvalue weighted by Gasteiger charge is 2.23. The van der Waals surface area contributed by atoms with Crippen LogP contribution in [-0.4, -0.2) is 41.5 Å². The molecule has 5 heteroatoms. The molecule has 1 heterocycles. The Bertz CT molecular complexity index is 479. The second-order valence-corrected chi connectivity index (χ2v) is 5.77. The van der Waals surface area contributed by atoms with E-state index in [0.717, 1.165) is 12.2 Å². The monoisotopic (exact) mass is 292 g/mol. The minimum absolute atomic E-state index is 0.0433. The standard InChI is InChI=1S/C15H20N2O2S/c1-2-8-17(9-10-18)15(19)16-13-7-11-20-14-6-4-3-5-12(13)14/h2-6,13,18H,1,7-11H2,(H,16,19). The van der Waals surface area contributed by atoms with Gasteiger partial charge in [0.15, 0.2) is 0 Å². The third-order valence-corrected chi connectivity index (χ3v) is 4.39. The quantitative estimate of drug-likeness (QED) is 0.820. The van der Waals surface area contributed by atoms with Crippen LogP contribution in [0.1, 0.15) is 18.0 Å². The molecule has 4 nitrogen and oxygen atoms in total. The molecule has 0 saturated heterocycles. The first kappa shape index (κ1) is 14.9. The molecule has 2 N–H and O–H groups in total. The van der Waals surface area contributed by atoms with Gasteiger partial charge in [0.2, 0.25) is 0 Å². The van der Waals surface area contributed by atoms with Crippen molar-refractivity contribution in [3.05, 3.63) is 42.5 Å². The summed E-state index contributed by atoms with van der Waals surface area (Å²) in [6.45, 7) is 4.36. The molecular formula is C15H20N2O2S. The van der Waals surface area contributed by atoms with Gasteiger partial charge in [0.25, 0.3) is 0 Å². The van der Waals surface area contributed by atoms with Gasteiger partial charge in [0.05, 0.1) is 12.6 Å². The summed E-state index contributed by atoms with van der Waals surface area (Å²) in [6, 6.07) is 8.08. The van der Waals surface area contributed by atoms with Crippen LogP contribution >= 0.6 is 11.8 Å². The molecule has 2 amide bonds. The van der Waals surface area contributed by atoms with Gasteiger partial charge in [-0.1, -0.05) is 24.3 Å². The minimum Gasteiger partial charge on any atom is -0.395 e. The molecule has 0 radical (unpaired) electrons. The molecule has 1 aromatic rings. The van der Waals surface area contributed by atoms with Gasteiger partial charge in [-0.15, -0.1) is 18.3 Å². The van der Waals surface area contributed by atoms with Crippen molar-refractivity contribution >= 4 is 17.8 Å². The first-order valence-corrected chi connectivity index (χ1v) is 7.73. The van der Waals surface area contributed by atoms with E-state index in [1.54, 1.807) is 11.0 Å². The van der Waals surface area contributed by atoms with Crippen molar-refractivity contribution in [2.24, 2.45) is 0 Å². The summed E-state index contributed by atoms with van der Waals surface area (Å²) in [5.74, 6) is 1.00. The van der Waals surface area contributed by atoms with E-state index < -0.39 is 0 Å². The second-order valence-electron chi connectivity index (χ2n) is 4.64. The number of amides is 2. The predicted octanol–water partition coefficient (Wildman–Crippen LogP) is 2.41. The van der Waals surface area contributed by atoms with E-state index in [4.69, 9.17) is 5.11 Å². The zero-order chi connectivity index (χ0) is 14.4. The largest absolute Gasteiger partial charge is 0.395 e. The summed E-state index contributed by atoms with van der Waals surface area (Å²) >= 11 is 1.83. The summed E-state index contributed by atoms with van der Waals surface area (Å²) in [5.41, 5.74) is 1.18. The molecule has 1 aliphatic heterocycles. The Morgan fingerprint density at radius 2 is 2.35 bits per heavy atom. The summed E-state index contributed by atoms with van der Waals surface area (Å²) in [6.07, 6.45) is 2.59. The Kier molecular flexibility index (Phi) is 5.49. The van der Waals surface area contributed by atoms with E-state index in [-0.39, 0.29) is 18.7 Å². The Morgan fingerprint density at radius 3 is 3.10 bits per heavy atom. The van der Waals surface area contributed by atoms with E-state index >= 15 is 0 Å². The summed E-state index contributed by atoms with van der Waals surface area (Å²) in [7, 11) is 0. The SMILES string of the molecule is C=CCN(CCO)C(=O)NC1CCSc2ccccc21. The van der Waals surface area contributed by atoms with E-state index in [1.807, 2.05) is 23.9 Å². The number of hydrogen-bond donors (Lipinski definition) is 2. The summed E-state index contributed by atoms with van der Waals surface area (Å²) in [5, 5.41) is 12.1. The lowest BCUT2D eigenvalue weighted by molar-refractivity contribution is 0.180. The normalized spacial score (nSPS) is 17.1. The highest BCUT2D eigenvalue weighted by atomic mass is 32.2. The molecule has 0 aromatic heterocycles. The van der Waals surface area contributed by atoms with Gasteiger partial charge in [0, 0.05) is 23.7 Å². The number of nitrogens with one attached hydrogen (secondary N) is 1. The van der Waals surface area contributed by atoms with Crippen LogP contribution in [0.2, 0.25) is 0 Å². The molecule has 0 aliphatic carbocycles. The zero-order valence-corrected chi connectivity index (χ0v) is 12.2. The molecule has 20 heavy (non-hydrogen) atoms. The summed E-state index contributed by atoms with van der Waals surface area (Å²) < 4.78 is 0. The lowest BCUT2D eigenvalue weighted by atomic mass is 10.0. The molecule has 0 fully saturated rings. The molecule has 1 atom stereocenters. The van der Waals surface area contributed by atoms with Gasteiger partial charge in [-0.2, -0.15) is 0 Å². The molecule has 1 unspecified atom stereocenters. The van der Waals surface area contributed by atoms with Crippen molar-refractivity contribution in [1.82, 2.24) is 10.2 Å². The topological polar surface area (TPSA) is 52.6 Å². The van der Waals surface area contributed by atoms with Crippen LogP contribution in [-0.2, 0) is 0 Å². The van der Waals surface area contributed by atoms with E-state index in [1.165, 1.54) is 10.5 Å². The van der Waals surface area contributed by atoms with Crippen molar-refractivity contribution in [2.45, 2.75) is 17.4 Å². The number of aliphatic hydroxyl groups is 1. The number of nitrogens with zero attached hydrogens (tertiary/aromatic N) is 1. The lowest BCUT2D eigenvalue weighted by Crippen LogP contribution is -2.43. The van der Waals surface area contributed by atoms with E-state index in [2.05, 4.69) is 24.0 Å². The fourth-order valence-electron chi connectivity index (χ4n) is 2.28. The van der Waals surface area contributed by atoms with Gasteiger partial charge < -0.3 is 15.3 Å². The first-order chi connectivity index (χ1) is 9.76. The lowest BCUT2D eigenvalue weighted by Gasteiger charge is -2.29. The number of benzene rings is 1. The van der Waals surface area contributed by atoms with Crippen LogP contribution in [0.15, 0.2) is 41.8 Å². The Labute approximate surface area is 123 Å². The summed E-state index contributed by atoms with van der Waals surface area (Å²) in [4.78, 5) is 15.1. The molecule has 1 aromatic carbocycles. The van der Waals surface area contributed by atoms with Gasteiger partial charge in [-0.3, -0.25) is 0 Å². The van der Waals surface area contributed by atoms with Crippen molar-refractivity contribution in [3.8, 4) is 0 Å². The number of carbonyl (C=O) groups excluding carboxylic acids is 1. The Morgan fingerprint density at radius 1 is 1.55 bits per heavy atom. The van der Waals surface area contributed by atoms with Crippen LogP contribution < -0.4 is 5.32 Å². The molecular weight excluding hydrogens is 272 g/mol. The Balaban J connectivity index is 2.06. The molecule has 1 aliphatic rings. The highest BCUT2D eigenvalue weighted by molar-refractivity contribution is 7.99. The highest BCUT2D eigenvalue weighted by Crippen LogP contribution is 2.35. The maximum atomic E-state index is 12.3. The molecule has 0 saturated carbocycles. The fraction of sp³-hybridized carbons (Fsp3) is 0.400. The molecule has 2 rings (SSSR count). The maximum absolute atomic E-state index is 12.3. The second kappa shape index (κ2) is 7.36. The molecule has 108 valence electrons. The fourth-order valence-corrected chi connectivity index (χ4v) is 3.41. The minimum atomic E-state index is -0.148. The first-order valence-electron chi connectivity index (χ1n) is 6.75. The average molecular weight is 292 g/mol. The smallest absolute Gasteiger partial charge is 0.318 e. The third-order valence-electron chi connectivity index (χ3n) is 3.26. The zero-order valence-electron chi connectivity index (χ0n) is 11.4. The van der Waals surface area contributed by atoms with Crippen molar-refractivity contribution in [3.63, 3.8) is 0 Å². The number of urea groups is 1. The number of carbonyl (C=O) groups is 1. The van der Waals surface area contributed by atoms with Crippen LogP contribution in [0.5, 0.6) is 0 Å². The number of aliphatic hydroxyl groups excluding tert-OH is 1. The van der Waals surface area contributed by atoms with Gasteiger partial charge in [0.1, 0.15) is 0 Å². The van der Waals surface area contributed by atoms with Gasteiger partial charge in [-0.25, -0.2) is 4.79 Å². The van der Waals surface area contributed by atoms with Crippen molar-refractivity contribution < 1.29 is 9.90 Å². The maximum Gasteiger partial charge on any atom is 0.318 e. The van der Waals surface area contributed by atoms with Crippen molar-refractivity contribution in [2.75, 3.05) is 25.4 Å². The number of fused-ring (bicyclic) bond motifs is 1. The van der Waals surface area contributed by atoms with Crippen LogP contribution in [0.3, 0.4) is 0 Å². The predicted molar refractivity (Wildman–Crippen MR) is 81.9 cm³/mol. The van der Waals surface area contributed by atoms with Crippen molar-refractivity contribution in [1.29, 1.82) is 0 Å². The van der Waals surface area contributed by atoms with E-state index in [0.29, 0.717) is 13.1 Å². The number of hydrogen-bond acceptors (Lipinski definition) is 3.